The molecule has 2 aromatic carbocycles. The van der Waals surface area contributed by atoms with E-state index >= 15 is 0 Å². The first-order valence-electron chi connectivity index (χ1n) is 11.6. The molecule has 1 fully saturated rings. The lowest BCUT2D eigenvalue weighted by Crippen LogP contribution is -2.42. The van der Waals surface area contributed by atoms with Crippen LogP contribution in [-0.2, 0) is 0 Å². The van der Waals surface area contributed by atoms with Crippen LogP contribution in [0.4, 0.5) is 0 Å². The van der Waals surface area contributed by atoms with Crippen molar-refractivity contribution in [3.05, 3.63) is 71.5 Å². The second kappa shape index (κ2) is 9.98. The number of piperidine rings is 1. The van der Waals surface area contributed by atoms with Gasteiger partial charge in [-0.15, -0.1) is 0 Å². The molecule has 0 saturated carbocycles. The molecule has 0 atom stereocenters. The molecule has 0 bridgehead atoms. The molecule has 5 rings (SSSR count). The number of carbonyl (C=O) groups is 1. The number of nitrogens with one attached hydrogen (secondary N) is 2. The van der Waals surface area contributed by atoms with Crippen molar-refractivity contribution in [1.29, 1.82) is 0 Å². The van der Waals surface area contributed by atoms with Crippen molar-refractivity contribution in [2.75, 3.05) is 27.3 Å². The lowest BCUT2D eigenvalue weighted by Gasteiger charge is -2.23. The number of pyridine rings is 1. The number of amides is 1. The number of fused-ring (bicyclic) bond motifs is 1. The fourth-order valence-corrected chi connectivity index (χ4v) is 4.64. The first-order valence-corrected chi connectivity index (χ1v) is 12.0. The van der Waals surface area contributed by atoms with Crippen molar-refractivity contribution in [1.82, 2.24) is 20.0 Å². The van der Waals surface area contributed by atoms with Crippen LogP contribution in [0.25, 0.3) is 28.0 Å². The molecule has 0 aliphatic carbocycles. The van der Waals surface area contributed by atoms with Crippen molar-refractivity contribution < 1.29 is 14.3 Å². The Morgan fingerprint density at radius 3 is 2.49 bits per heavy atom. The molecule has 4 aromatic rings. The number of rotatable bonds is 6. The number of benzene rings is 2. The Hall–Kier alpha value is -3.55. The van der Waals surface area contributed by atoms with E-state index in [2.05, 4.69) is 10.6 Å². The van der Waals surface area contributed by atoms with Crippen LogP contribution in [-0.4, -0.2) is 48.6 Å². The Balaban J connectivity index is 1.39. The van der Waals surface area contributed by atoms with Gasteiger partial charge in [0.2, 0.25) is 0 Å². The highest BCUT2D eigenvalue weighted by Crippen LogP contribution is 2.38. The van der Waals surface area contributed by atoms with Crippen LogP contribution < -0.4 is 20.1 Å². The Morgan fingerprint density at radius 1 is 1.03 bits per heavy atom. The van der Waals surface area contributed by atoms with Gasteiger partial charge in [0.15, 0.2) is 0 Å². The van der Waals surface area contributed by atoms with Crippen LogP contribution in [0.3, 0.4) is 0 Å². The Morgan fingerprint density at radius 2 is 1.77 bits per heavy atom. The highest BCUT2D eigenvalue weighted by Gasteiger charge is 2.17. The number of halogens is 1. The smallest absolute Gasteiger partial charge is 0.251 e. The molecule has 1 saturated heterocycles. The number of ether oxygens (including phenoxy) is 2. The van der Waals surface area contributed by atoms with Gasteiger partial charge in [-0.1, -0.05) is 23.7 Å². The molecular formula is C27H27ClN4O3. The first kappa shape index (κ1) is 23.2. The molecule has 8 heteroatoms. The van der Waals surface area contributed by atoms with Crippen LogP contribution in [0.5, 0.6) is 11.5 Å². The molecule has 0 spiro atoms. The van der Waals surface area contributed by atoms with Crippen LogP contribution >= 0.6 is 11.6 Å². The average molecular weight is 491 g/mol. The summed E-state index contributed by atoms with van der Waals surface area (Å²) in [4.78, 5) is 17.4. The highest BCUT2D eigenvalue weighted by molar-refractivity contribution is 6.32. The average Bonchev–Trinajstić information content (AvgIpc) is 3.32. The minimum absolute atomic E-state index is 0.0242. The van der Waals surface area contributed by atoms with E-state index in [-0.39, 0.29) is 11.9 Å². The second-order valence-electron chi connectivity index (χ2n) is 8.57. The van der Waals surface area contributed by atoms with Gasteiger partial charge in [0.25, 0.3) is 5.91 Å². The highest BCUT2D eigenvalue weighted by atomic mass is 35.5. The molecule has 3 heterocycles. The molecule has 0 radical (unpaired) electrons. The van der Waals surface area contributed by atoms with E-state index in [4.69, 9.17) is 26.1 Å². The van der Waals surface area contributed by atoms with Crippen LogP contribution in [0.15, 0.2) is 60.9 Å². The fraction of sp³-hybridized carbons (Fsp3) is 0.259. The third-order valence-corrected chi connectivity index (χ3v) is 6.66. The quantitative estimate of drug-likeness (QED) is 0.405. The predicted molar refractivity (Wildman–Crippen MR) is 138 cm³/mol. The third-order valence-electron chi connectivity index (χ3n) is 6.36. The summed E-state index contributed by atoms with van der Waals surface area (Å²) in [5.41, 5.74) is 5.01. The normalized spacial score (nSPS) is 14.1. The summed E-state index contributed by atoms with van der Waals surface area (Å²) in [6.45, 7) is 1.89. The van der Waals surface area contributed by atoms with E-state index < -0.39 is 0 Å². The summed E-state index contributed by atoms with van der Waals surface area (Å²) in [7, 11) is 3.18. The molecule has 35 heavy (non-hydrogen) atoms. The van der Waals surface area contributed by atoms with Gasteiger partial charge in [-0.3, -0.25) is 4.79 Å². The maximum Gasteiger partial charge on any atom is 0.251 e. The summed E-state index contributed by atoms with van der Waals surface area (Å²) >= 11 is 6.36. The number of imidazole rings is 1. The number of hydrogen-bond donors (Lipinski definition) is 2. The number of aromatic nitrogens is 2. The summed E-state index contributed by atoms with van der Waals surface area (Å²) in [5, 5.41) is 6.94. The largest absolute Gasteiger partial charge is 0.496 e. The monoisotopic (exact) mass is 490 g/mol. The van der Waals surface area contributed by atoms with E-state index in [0.29, 0.717) is 22.1 Å². The Labute approximate surface area is 209 Å². The van der Waals surface area contributed by atoms with Crippen LogP contribution in [0, 0.1) is 0 Å². The lowest BCUT2D eigenvalue weighted by molar-refractivity contribution is 0.0929. The molecule has 1 aliphatic heterocycles. The third kappa shape index (κ3) is 4.83. The SMILES string of the molecule is COc1cc(OC)c(-c2cn3ccc(-c4ccc(C(=O)NC5CCNCC5)cc4)cc3n2)cc1Cl. The molecule has 7 nitrogen and oxygen atoms in total. The topological polar surface area (TPSA) is 76.9 Å². The molecule has 0 unspecified atom stereocenters. The summed E-state index contributed by atoms with van der Waals surface area (Å²) in [5.74, 6) is 1.16. The zero-order valence-corrected chi connectivity index (χ0v) is 20.4. The molecular weight excluding hydrogens is 464 g/mol. The number of nitrogens with zero attached hydrogens (tertiary/aromatic N) is 2. The predicted octanol–water partition coefficient (Wildman–Crippen LogP) is 4.82. The minimum Gasteiger partial charge on any atom is -0.496 e. The molecule has 2 N–H and O–H groups in total. The number of hydrogen-bond acceptors (Lipinski definition) is 5. The van der Waals surface area contributed by atoms with Crippen molar-refractivity contribution in [3.8, 4) is 33.9 Å². The van der Waals surface area contributed by atoms with Crippen molar-refractivity contribution in [2.45, 2.75) is 18.9 Å². The van der Waals surface area contributed by atoms with Crippen LogP contribution in [0.2, 0.25) is 5.02 Å². The van der Waals surface area contributed by atoms with Gasteiger partial charge < -0.3 is 24.5 Å². The van der Waals surface area contributed by atoms with E-state index in [1.54, 1.807) is 26.4 Å². The lowest BCUT2D eigenvalue weighted by atomic mass is 10.0. The van der Waals surface area contributed by atoms with Gasteiger partial charge in [0.05, 0.1) is 24.9 Å². The fourth-order valence-electron chi connectivity index (χ4n) is 4.40. The standard InChI is InChI=1S/C27H27ClN4O3/c1-34-24-15-25(35-2)22(28)14-21(24)23-16-32-12-9-19(13-26(32)31-23)17-3-5-18(6-4-17)27(33)30-20-7-10-29-11-8-20/h3-6,9,12-16,20,29H,7-8,10-11H2,1-2H3,(H,30,33). The van der Waals surface area contributed by atoms with Gasteiger partial charge in [0, 0.05) is 35.6 Å². The van der Waals surface area contributed by atoms with Crippen molar-refractivity contribution in [3.63, 3.8) is 0 Å². The number of carbonyl (C=O) groups excluding carboxylic acids is 1. The minimum atomic E-state index is -0.0242. The zero-order valence-electron chi connectivity index (χ0n) is 19.7. The maximum atomic E-state index is 12.6. The molecule has 1 aliphatic rings. The van der Waals surface area contributed by atoms with E-state index in [1.165, 1.54) is 0 Å². The second-order valence-corrected chi connectivity index (χ2v) is 8.98. The Bertz CT molecular complexity index is 1360. The summed E-state index contributed by atoms with van der Waals surface area (Å²) in [6, 6.07) is 15.5. The first-order chi connectivity index (χ1) is 17.1. The van der Waals surface area contributed by atoms with E-state index in [0.717, 1.165) is 54.0 Å². The van der Waals surface area contributed by atoms with Gasteiger partial charge in [-0.05, 0) is 67.4 Å². The van der Waals surface area contributed by atoms with Crippen LogP contribution in [0.1, 0.15) is 23.2 Å². The van der Waals surface area contributed by atoms with Crippen molar-refractivity contribution in [2.24, 2.45) is 0 Å². The van der Waals surface area contributed by atoms with Gasteiger partial charge >= 0.3 is 0 Å². The zero-order chi connectivity index (χ0) is 24.4. The number of methoxy groups -OCH3 is 2. The van der Waals surface area contributed by atoms with Crippen molar-refractivity contribution >= 4 is 23.2 Å². The molecule has 1 amide bonds. The molecule has 180 valence electrons. The van der Waals surface area contributed by atoms with Gasteiger partial charge in [0.1, 0.15) is 17.1 Å². The summed E-state index contributed by atoms with van der Waals surface area (Å²) < 4.78 is 12.8. The molecule has 2 aromatic heterocycles. The Kier molecular flexibility index (Phi) is 6.61. The van der Waals surface area contributed by atoms with E-state index in [9.17, 15) is 4.79 Å². The van der Waals surface area contributed by atoms with E-state index in [1.807, 2.05) is 53.2 Å². The maximum absolute atomic E-state index is 12.6. The van der Waals surface area contributed by atoms with Gasteiger partial charge in [-0.2, -0.15) is 0 Å². The summed E-state index contributed by atoms with van der Waals surface area (Å²) in [6.07, 6.45) is 5.83. The van der Waals surface area contributed by atoms with Gasteiger partial charge in [-0.25, -0.2) is 4.98 Å².